The molecule has 10 nitrogen and oxygen atoms in total. The van der Waals surface area contributed by atoms with E-state index in [-0.39, 0.29) is 24.8 Å². The summed E-state index contributed by atoms with van der Waals surface area (Å²) in [5, 5.41) is 23.6. The van der Waals surface area contributed by atoms with Crippen LogP contribution in [0.2, 0.25) is 0 Å². The van der Waals surface area contributed by atoms with Crippen LogP contribution in [0.3, 0.4) is 0 Å². The van der Waals surface area contributed by atoms with E-state index in [0.717, 1.165) is 5.52 Å². The lowest BCUT2D eigenvalue weighted by Crippen LogP contribution is -2.13. The number of fused-ring (bicyclic) bond motifs is 1. The molecule has 148 valence electrons. The first-order valence-electron chi connectivity index (χ1n) is 8.74. The van der Waals surface area contributed by atoms with Gasteiger partial charge >= 0.3 is 5.97 Å². The molecular formula is C19H17N5O5. The zero-order valence-corrected chi connectivity index (χ0v) is 15.7. The van der Waals surface area contributed by atoms with Crippen molar-refractivity contribution in [3.63, 3.8) is 0 Å². The highest BCUT2D eigenvalue weighted by Crippen LogP contribution is 2.27. The number of esters is 1. The largest absolute Gasteiger partial charge is 0.460 e. The Kier molecular flexibility index (Phi) is 5.69. The Labute approximate surface area is 165 Å². The van der Waals surface area contributed by atoms with Crippen molar-refractivity contribution in [2.45, 2.75) is 19.9 Å². The van der Waals surface area contributed by atoms with Crippen molar-refractivity contribution in [2.75, 3.05) is 13.2 Å². The Hall–Kier alpha value is -4.00. The fraction of sp³-hybridized carbons (Fsp3) is 0.263. The van der Waals surface area contributed by atoms with Gasteiger partial charge in [-0.2, -0.15) is 10.4 Å². The van der Waals surface area contributed by atoms with Crippen molar-refractivity contribution in [3.8, 4) is 17.3 Å². The van der Waals surface area contributed by atoms with E-state index in [1.807, 2.05) is 32.0 Å². The summed E-state index contributed by atoms with van der Waals surface area (Å²) in [6.07, 6.45) is 1.46. The standard InChI is InChI=1S/C19H17N5O5/c1-12(2)23-18-4-3-13(9-15(18)17(11-20)22-23)16-10-14(5-6-21-16)19(25)28-7-8-29-24(26)27/h3-6,9-10,12H,7-8H2,1-2H3. The van der Waals surface area contributed by atoms with Gasteiger partial charge in [0.25, 0.3) is 5.09 Å². The zero-order valence-electron chi connectivity index (χ0n) is 15.7. The highest BCUT2D eigenvalue weighted by molar-refractivity contribution is 5.92. The Morgan fingerprint density at radius 3 is 2.79 bits per heavy atom. The highest BCUT2D eigenvalue weighted by atomic mass is 17.0. The van der Waals surface area contributed by atoms with Crippen molar-refractivity contribution in [1.82, 2.24) is 14.8 Å². The molecule has 0 saturated carbocycles. The third kappa shape index (κ3) is 4.30. The maximum absolute atomic E-state index is 12.1. The van der Waals surface area contributed by atoms with Gasteiger partial charge in [0.2, 0.25) is 0 Å². The third-order valence-corrected chi connectivity index (χ3v) is 4.11. The summed E-state index contributed by atoms with van der Waals surface area (Å²) in [6, 6.07) is 10.7. The number of pyridine rings is 1. The van der Waals surface area contributed by atoms with Crippen molar-refractivity contribution in [2.24, 2.45) is 0 Å². The molecule has 2 heterocycles. The number of carbonyl (C=O) groups excluding carboxylic acids is 1. The van der Waals surface area contributed by atoms with E-state index in [1.165, 1.54) is 12.3 Å². The molecule has 0 spiro atoms. The summed E-state index contributed by atoms with van der Waals surface area (Å²) in [5.41, 5.74) is 2.63. The first kappa shape index (κ1) is 19.8. The number of hydrogen-bond acceptors (Lipinski definition) is 8. The van der Waals surface area contributed by atoms with Crippen molar-refractivity contribution < 1.29 is 19.5 Å². The van der Waals surface area contributed by atoms with Crippen LogP contribution in [0, 0.1) is 21.4 Å². The first-order valence-corrected chi connectivity index (χ1v) is 8.74. The minimum absolute atomic E-state index is 0.0981. The molecule has 0 aliphatic carbocycles. The van der Waals surface area contributed by atoms with E-state index in [1.54, 1.807) is 10.7 Å². The van der Waals surface area contributed by atoms with Crippen LogP contribution in [-0.4, -0.2) is 39.0 Å². The van der Waals surface area contributed by atoms with Crippen LogP contribution in [0.5, 0.6) is 0 Å². The molecule has 0 saturated heterocycles. The predicted octanol–water partition coefficient (Wildman–Crippen LogP) is 2.92. The van der Waals surface area contributed by atoms with Crippen molar-refractivity contribution in [1.29, 1.82) is 5.26 Å². The lowest BCUT2D eigenvalue weighted by Gasteiger charge is -2.08. The normalized spacial score (nSPS) is 10.7. The molecule has 0 aliphatic rings. The van der Waals surface area contributed by atoms with E-state index in [0.29, 0.717) is 22.3 Å². The molecule has 1 aromatic carbocycles. The van der Waals surface area contributed by atoms with Gasteiger partial charge in [-0.25, -0.2) is 4.79 Å². The van der Waals surface area contributed by atoms with E-state index in [4.69, 9.17) is 4.74 Å². The molecule has 0 unspecified atom stereocenters. The maximum atomic E-state index is 12.1. The molecule has 0 aliphatic heterocycles. The maximum Gasteiger partial charge on any atom is 0.338 e. The molecule has 0 bridgehead atoms. The number of rotatable bonds is 7. The molecule has 0 fully saturated rings. The van der Waals surface area contributed by atoms with E-state index < -0.39 is 11.1 Å². The summed E-state index contributed by atoms with van der Waals surface area (Å²) < 4.78 is 6.74. The number of ether oxygens (including phenoxy) is 1. The van der Waals surface area contributed by atoms with Crippen LogP contribution < -0.4 is 0 Å². The van der Waals surface area contributed by atoms with E-state index >= 15 is 0 Å². The lowest BCUT2D eigenvalue weighted by atomic mass is 10.1. The number of aromatic nitrogens is 3. The Morgan fingerprint density at radius 1 is 1.31 bits per heavy atom. The summed E-state index contributed by atoms with van der Waals surface area (Å²) in [7, 11) is 0. The number of benzene rings is 1. The molecule has 2 aromatic heterocycles. The van der Waals surface area contributed by atoms with Crippen LogP contribution >= 0.6 is 0 Å². The van der Waals surface area contributed by atoms with Gasteiger partial charge in [0, 0.05) is 23.2 Å². The second kappa shape index (κ2) is 8.35. The van der Waals surface area contributed by atoms with Gasteiger partial charge in [0.1, 0.15) is 19.3 Å². The first-order chi connectivity index (χ1) is 13.9. The smallest absolute Gasteiger partial charge is 0.338 e. The minimum Gasteiger partial charge on any atom is -0.460 e. The Morgan fingerprint density at radius 2 is 2.10 bits per heavy atom. The third-order valence-electron chi connectivity index (χ3n) is 4.11. The lowest BCUT2D eigenvalue weighted by molar-refractivity contribution is -0.757. The quantitative estimate of drug-likeness (QED) is 0.258. The van der Waals surface area contributed by atoms with Gasteiger partial charge in [-0.3, -0.25) is 9.67 Å². The molecule has 0 amide bonds. The summed E-state index contributed by atoms with van der Waals surface area (Å²) in [6.45, 7) is 3.37. The molecular weight excluding hydrogens is 378 g/mol. The van der Waals surface area contributed by atoms with Crippen LogP contribution in [0.15, 0.2) is 36.5 Å². The average molecular weight is 395 g/mol. The molecule has 3 aromatic rings. The van der Waals surface area contributed by atoms with Gasteiger partial charge in [0.05, 0.1) is 16.8 Å². The summed E-state index contributed by atoms with van der Waals surface area (Å²) in [4.78, 5) is 30.6. The monoisotopic (exact) mass is 395 g/mol. The zero-order chi connectivity index (χ0) is 21.0. The Bertz CT molecular complexity index is 1120. The number of nitriles is 1. The predicted molar refractivity (Wildman–Crippen MR) is 101 cm³/mol. The van der Waals surface area contributed by atoms with Gasteiger partial charge in [-0.05, 0) is 38.1 Å². The molecule has 3 rings (SSSR count). The van der Waals surface area contributed by atoms with E-state index in [9.17, 15) is 20.2 Å². The van der Waals surface area contributed by atoms with Gasteiger partial charge in [0.15, 0.2) is 5.69 Å². The number of nitrogens with zero attached hydrogens (tertiary/aromatic N) is 5. The Balaban J connectivity index is 1.87. The SMILES string of the molecule is CC(C)n1nc(C#N)c2cc(-c3cc(C(=O)OCCO[N+](=O)[O-])ccn3)ccc21. The second-order valence-electron chi connectivity index (χ2n) is 6.35. The average Bonchev–Trinajstić information content (AvgIpc) is 3.09. The number of carbonyl (C=O) groups is 1. The van der Waals surface area contributed by atoms with Crippen LogP contribution in [-0.2, 0) is 9.57 Å². The fourth-order valence-corrected chi connectivity index (χ4v) is 2.82. The van der Waals surface area contributed by atoms with Crippen LogP contribution in [0.1, 0.15) is 35.9 Å². The molecule has 29 heavy (non-hydrogen) atoms. The molecule has 0 radical (unpaired) electrons. The van der Waals surface area contributed by atoms with Crippen molar-refractivity contribution >= 4 is 16.9 Å². The molecule has 10 heteroatoms. The summed E-state index contributed by atoms with van der Waals surface area (Å²) >= 11 is 0. The number of hydrogen-bond donors (Lipinski definition) is 0. The minimum atomic E-state index is -0.953. The van der Waals surface area contributed by atoms with Crippen LogP contribution in [0.4, 0.5) is 0 Å². The second-order valence-corrected chi connectivity index (χ2v) is 6.35. The van der Waals surface area contributed by atoms with Crippen molar-refractivity contribution in [3.05, 3.63) is 57.9 Å². The summed E-state index contributed by atoms with van der Waals surface area (Å²) in [5.74, 6) is -0.646. The highest BCUT2D eigenvalue weighted by Gasteiger charge is 2.15. The molecule has 0 N–H and O–H groups in total. The van der Waals surface area contributed by atoms with Gasteiger partial charge < -0.3 is 9.57 Å². The van der Waals surface area contributed by atoms with Gasteiger partial charge in [-0.15, -0.1) is 10.1 Å². The van der Waals surface area contributed by atoms with Gasteiger partial charge in [-0.1, -0.05) is 6.07 Å². The fourth-order valence-electron chi connectivity index (χ4n) is 2.82. The topological polar surface area (TPSA) is 133 Å². The van der Waals surface area contributed by atoms with E-state index in [2.05, 4.69) is 21.0 Å². The van der Waals surface area contributed by atoms with Crippen LogP contribution in [0.25, 0.3) is 22.2 Å². The molecule has 0 atom stereocenters.